The number of rotatable bonds is 5. The largest absolute Gasteiger partial charge is 0.378 e. The molecule has 20 heavy (non-hydrogen) atoms. The molecule has 0 saturated carbocycles. The molecule has 5 nitrogen and oxygen atoms in total. The van der Waals surface area contributed by atoms with Gasteiger partial charge in [-0.2, -0.15) is 0 Å². The van der Waals surface area contributed by atoms with Crippen molar-refractivity contribution in [2.45, 2.75) is 17.9 Å². The van der Waals surface area contributed by atoms with Gasteiger partial charge < -0.3 is 5.32 Å². The molecule has 106 valence electrons. The molecule has 6 heteroatoms. The molecule has 2 aromatic rings. The Bertz CT molecular complexity index is 655. The second-order valence-electron chi connectivity index (χ2n) is 4.38. The van der Waals surface area contributed by atoms with Crippen LogP contribution in [0.4, 0.5) is 5.69 Å². The van der Waals surface area contributed by atoms with Gasteiger partial charge in [0.05, 0.1) is 10.9 Å². The zero-order chi connectivity index (χ0) is 14.6. The Labute approximate surface area is 119 Å². The van der Waals surface area contributed by atoms with Gasteiger partial charge in [-0.3, -0.25) is 4.98 Å². The Morgan fingerprint density at radius 1 is 1.15 bits per heavy atom. The Hall–Kier alpha value is -1.92. The van der Waals surface area contributed by atoms with Gasteiger partial charge in [-0.05, 0) is 49.9 Å². The van der Waals surface area contributed by atoms with Gasteiger partial charge in [0.15, 0.2) is 0 Å². The van der Waals surface area contributed by atoms with E-state index in [1.165, 1.54) is 7.05 Å². The summed E-state index contributed by atoms with van der Waals surface area (Å²) in [5.74, 6) is 0. The second kappa shape index (κ2) is 6.02. The van der Waals surface area contributed by atoms with Crippen LogP contribution in [0.5, 0.6) is 0 Å². The minimum absolute atomic E-state index is 0.0930. The number of nitrogens with zero attached hydrogens (tertiary/aromatic N) is 1. The first kappa shape index (κ1) is 14.5. The molecule has 0 aliphatic carbocycles. The number of hydrogen-bond donors (Lipinski definition) is 2. The zero-order valence-corrected chi connectivity index (χ0v) is 12.2. The van der Waals surface area contributed by atoms with Gasteiger partial charge in [-0.1, -0.05) is 6.07 Å². The fraction of sp³-hybridized carbons (Fsp3) is 0.214. The maximum Gasteiger partial charge on any atom is 0.240 e. The van der Waals surface area contributed by atoms with Gasteiger partial charge in [0, 0.05) is 18.1 Å². The minimum Gasteiger partial charge on any atom is -0.378 e. The van der Waals surface area contributed by atoms with Gasteiger partial charge >= 0.3 is 0 Å². The van der Waals surface area contributed by atoms with E-state index in [1.807, 2.05) is 19.1 Å². The zero-order valence-electron chi connectivity index (χ0n) is 11.4. The van der Waals surface area contributed by atoms with E-state index in [-0.39, 0.29) is 10.9 Å². The van der Waals surface area contributed by atoms with Crippen molar-refractivity contribution in [3.63, 3.8) is 0 Å². The first-order valence-electron chi connectivity index (χ1n) is 6.23. The van der Waals surface area contributed by atoms with Crippen LogP contribution in [0.1, 0.15) is 18.5 Å². The van der Waals surface area contributed by atoms with Crippen molar-refractivity contribution >= 4 is 15.7 Å². The smallest absolute Gasteiger partial charge is 0.240 e. The number of hydrogen-bond acceptors (Lipinski definition) is 4. The van der Waals surface area contributed by atoms with Crippen molar-refractivity contribution in [2.75, 3.05) is 12.4 Å². The van der Waals surface area contributed by atoms with Gasteiger partial charge in [0.1, 0.15) is 0 Å². The van der Waals surface area contributed by atoms with Crippen LogP contribution in [0.2, 0.25) is 0 Å². The number of benzene rings is 1. The lowest BCUT2D eigenvalue weighted by molar-refractivity contribution is 0.588. The highest BCUT2D eigenvalue weighted by Crippen LogP contribution is 2.20. The summed E-state index contributed by atoms with van der Waals surface area (Å²) in [5.41, 5.74) is 1.93. The summed E-state index contributed by atoms with van der Waals surface area (Å²) in [6, 6.07) is 10.6. The maximum absolute atomic E-state index is 11.6. The molecule has 0 spiro atoms. The van der Waals surface area contributed by atoms with E-state index >= 15 is 0 Å². The van der Waals surface area contributed by atoms with Crippen molar-refractivity contribution in [2.24, 2.45) is 0 Å². The predicted molar refractivity (Wildman–Crippen MR) is 79.0 cm³/mol. The molecule has 2 rings (SSSR count). The summed E-state index contributed by atoms with van der Waals surface area (Å²) in [6.45, 7) is 2.02. The summed E-state index contributed by atoms with van der Waals surface area (Å²) in [7, 11) is -1.99. The minimum atomic E-state index is -3.38. The Morgan fingerprint density at radius 2 is 1.85 bits per heavy atom. The van der Waals surface area contributed by atoms with Crippen LogP contribution in [0.25, 0.3) is 0 Å². The van der Waals surface area contributed by atoms with Crippen LogP contribution >= 0.6 is 0 Å². The molecule has 1 aromatic heterocycles. The molecule has 0 saturated heterocycles. The molecular formula is C14H17N3O2S. The highest BCUT2D eigenvalue weighted by molar-refractivity contribution is 7.89. The summed E-state index contributed by atoms with van der Waals surface area (Å²) in [4.78, 5) is 4.33. The topological polar surface area (TPSA) is 71.1 Å². The number of pyridine rings is 1. The number of nitrogens with one attached hydrogen (secondary N) is 2. The third-order valence-corrected chi connectivity index (χ3v) is 4.43. The van der Waals surface area contributed by atoms with Gasteiger partial charge in [0.2, 0.25) is 10.0 Å². The van der Waals surface area contributed by atoms with Crippen molar-refractivity contribution in [3.8, 4) is 0 Å². The molecular weight excluding hydrogens is 274 g/mol. The van der Waals surface area contributed by atoms with E-state index in [1.54, 1.807) is 36.7 Å². The molecule has 0 aliphatic heterocycles. The molecule has 0 aliphatic rings. The summed E-state index contributed by atoms with van der Waals surface area (Å²) in [6.07, 6.45) is 3.53. The van der Waals surface area contributed by atoms with Crippen molar-refractivity contribution in [1.29, 1.82) is 0 Å². The molecule has 1 aromatic carbocycles. The van der Waals surface area contributed by atoms with E-state index in [4.69, 9.17) is 0 Å². The molecule has 0 bridgehead atoms. The van der Waals surface area contributed by atoms with Crippen molar-refractivity contribution in [1.82, 2.24) is 9.71 Å². The van der Waals surface area contributed by atoms with Crippen molar-refractivity contribution < 1.29 is 8.42 Å². The lowest BCUT2D eigenvalue weighted by Crippen LogP contribution is -2.18. The second-order valence-corrected chi connectivity index (χ2v) is 6.27. The molecule has 1 heterocycles. The van der Waals surface area contributed by atoms with Crippen molar-refractivity contribution in [3.05, 3.63) is 54.4 Å². The van der Waals surface area contributed by atoms with Crippen LogP contribution in [0, 0.1) is 0 Å². The highest BCUT2D eigenvalue weighted by Gasteiger charge is 2.11. The van der Waals surface area contributed by atoms with E-state index < -0.39 is 10.0 Å². The van der Waals surface area contributed by atoms with Gasteiger partial charge in [-0.15, -0.1) is 0 Å². The number of sulfonamides is 1. The van der Waals surface area contributed by atoms with Gasteiger partial charge in [-0.25, -0.2) is 13.1 Å². The molecule has 1 atom stereocenters. The average Bonchev–Trinajstić information content (AvgIpc) is 2.48. The molecule has 1 unspecified atom stereocenters. The highest BCUT2D eigenvalue weighted by atomic mass is 32.2. The number of aromatic nitrogens is 1. The summed E-state index contributed by atoms with van der Waals surface area (Å²) < 4.78 is 25.5. The Kier molecular flexibility index (Phi) is 4.36. The Balaban J connectivity index is 2.12. The average molecular weight is 291 g/mol. The molecule has 2 N–H and O–H groups in total. The Morgan fingerprint density at radius 3 is 2.40 bits per heavy atom. The van der Waals surface area contributed by atoms with Gasteiger partial charge in [0.25, 0.3) is 0 Å². The van der Waals surface area contributed by atoms with Crippen LogP contribution in [-0.4, -0.2) is 20.4 Å². The van der Waals surface area contributed by atoms with Crippen LogP contribution < -0.4 is 10.0 Å². The lowest BCUT2D eigenvalue weighted by atomic mass is 10.1. The number of anilines is 1. The van der Waals surface area contributed by atoms with Crippen LogP contribution in [0.3, 0.4) is 0 Å². The van der Waals surface area contributed by atoms with E-state index in [9.17, 15) is 8.42 Å². The fourth-order valence-electron chi connectivity index (χ4n) is 1.81. The fourth-order valence-corrected chi connectivity index (χ4v) is 2.54. The molecule has 0 radical (unpaired) electrons. The lowest BCUT2D eigenvalue weighted by Gasteiger charge is -2.15. The summed E-state index contributed by atoms with van der Waals surface area (Å²) >= 11 is 0. The van der Waals surface area contributed by atoms with Crippen LogP contribution in [-0.2, 0) is 10.0 Å². The standard InChI is InChI=1S/C14H17N3O2S/c1-11(12-4-3-9-16-10-12)17-13-5-7-14(8-6-13)20(18,19)15-2/h3-11,15,17H,1-2H3. The first-order valence-corrected chi connectivity index (χ1v) is 7.71. The maximum atomic E-state index is 11.6. The monoisotopic (exact) mass is 291 g/mol. The van der Waals surface area contributed by atoms with E-state index in [0.29, 0.717) is 0 Å². The van der Waals surface area contributed by atoms with Crippen LogP contribution in [0.15, 0.2) is 53.7 Å². The molecule has 0 amide bonds. The third kappa shape index (κ3) is 3.34. The SMILES string of the molecule is CNS(=O)(=O)c1ccc(NC(C)c2cccnc2)cc1. The third-order valence-electron chi connectivity index (χ3n) is 3.00. The quantitative estimate of drug-likeness (QED) is 0.885. The molecule has 0 fully saturated rings. The summed E-state index contributed by atoms with van der Waals surface area (Å²) in [5, 5.41) is 3.30. The first-order chi connectivity index (χ1) is 9.53. The van der Waals surface area contributed by atoms with E-state index in [0.717, 1.165) is 11.3 Å². The van der Waals surface area contributed by atoms with E-state index in [2.05, 4.69) is 15.0 Å². The predicted octanol–water partition coefficient (Wildman–Crippen LogP) is 2.16. The normalized spacial score (nSPS) is 12.9.